The maximum atomic E-state index is 12.2. The first kappa shape index (κ1) is 11.6. The summed E-state index contributed by atoms with van der Waals surface area (Å²) in [6.07, 6.45) is -2.93. The highest BCUT2D eigenvalue weighted by atomic mass is 35.5. The van der Waals surface area contributed by atoms with Gasteiger partial charge in [-0.2, -0.15) is 0 Å². The summed E-state index contributed by atoms with van der Waals surface area (Å²) >= 11 is 5.34. The molecule has 0 amide bonds. The maximum absolute atomic E-state index is 12.2. The number of H-pyrrole nitrogens is 1. The first-order valence-electron chi connectivity index (χ1n) is 3.81. The molecule has 0 aliphatic heterocycles. The molecular weight excluding hydrogens is 232 g/mol. The summed E-state index contributed by atoms with van der Waals surface area (Å²) in [5, 5.41) is 8.67. The lowest BCUT2D eigenvalue weighted by Crippen LogP contribution is -2.19. The number of hydrogen-bond acceptors (Lipinski definition) is 2. The topological polar surface area (TPSA) is 70.2 Å². The quantitative estimate of drug-likeness (QED) is 0.787. The molecule has 1 rings (SSSR count). The van der Waals surface area contributed by atoms with Crippen molar-refractivity contribution >= 4 is 17.6 Å². The molecule has 0 fully saturated rings. The number of aromatic amines is 1. The Balaban J connectivity index is 3.46. The molecule has 0 unspecified atom stereocenters. The van der Waals surface area contributed by atoms with E-state index in [1.54, 1.807) is 0 Å². The van der Waals surface area contributed by atoms with Crippen LogP contribution in [0.15, 0.2) is 10.9 Å². The van der Waals surface area contributed by atoms with Crippen LogP contribution in [0.4, 0.5) is 8.78 Å². The molecule has 0 atom stereocenters. The average Bonchev–Trinajstić information content (AvgIpc) is 2.16. The van der Waals surface area contributed by atoms with Gasteiger partial charge in [-0.25, -0.2) is 13.6 Å². The molecule has 0 spiro atoms. The minimum Gasteiger partial charge on any atom is -0.478 e. The Kier molecular flexibility index (Phi) is 3.41. The molecule has 1 aromatic heterocycles. The van der Waals surface area contributed by atoms with Crippen molar-refractivity contribution in [3.8, 4) is 0 Å². The smallest absolute Gasteiger partial charge is 0.336 e. The minimum absolute atomic E-state index is 0.228. The lowest BCUT2D eigenvalue weighted by Gasteiger charge is -2.05. The Hall–Kier alpha value is -1.43. The molecule has 0 aliphatic carbocycles. The zero-order valence-corrected chi connectivity index (χ0v) is 8.02. The molecule has 0 saturated heterocycles. The van der Waals surface area contributed by atoms with E-state index in [-0.39, 0.29) is 11.4 Å². The van der Waals surface area contributed by atoms with Gasteiger partial charge in [-0.15, -0.1) is 11.6 Å². The van der Waals surface area contributed by atoms with Crippen LogP contribution in [-0.2, 0) is 5.88 Å². The summed E-state index contributed by atoms with van der Waals surface area (Å²) in [7, 11) is 0. The lowest BCUT2D eigenvalue weighted by atomic mass is 10.1. The molecule has 82 valence electrons. The summed E-state index contributed by atoms with van der Waals surface area (Å²) in [4.78, 5) is 23.7. The number of nitrogens with one attached hydrogen (secondary N) is 1. The molecule has 4 nitrogen and oxygen atoms in total. The lowest BCUT2D eigenvalue weighted by molar-refractivity contribution is 0.0695. The van der Waals surface area contributed by atoms with Gasteiger partial charge in [0.2, 0.25) is 0 Å². The van der Waals surface area contributed by atoms with E-state index >= 15 is 0 Å². The van der Waals surface area contributed by atoms with Crippen LogP contribution in [0.5, 0.6) is 0 Å². The molecule has 1 heterocycles. The number of carboxylic acid groups (broad SMARTS) is 1. The van der Waals surface area contributed by atoms with Crippen molar-refractivity contribution in [2.45, 2.75) is 12.3 Å². The molecule has 0 bridgehead atoms. The van der Waals surface area contributed by atoms with Crippen LogP contribution in [0, 0.1) is 0 Å². The summed E-state index contributed by atoms with van der Waals surface area (Å²) in [5.74, 6) is -1.81. The highest BCUT2D eigenvalue weighted by Crippen LogP contribution is 2.18. The van der Waals surface area contributed by atoms with Crippen LogP contribution in [0.2, 0.25) is 0 Å². The average molecular weight is 238 g/mol. The minimum atomic E-state index is -2.93. The maximum Gasteiger partial charge on any atom is 0.336 e. The van der Waals surface area contributed by atoms with E-state index in [9.17, 15) is 18.4 Å². The second-order valence-corrected chi connectivity index (χ2v) is 2.95. The molecule has 2 N–H and O–H groups in total. The van der Waals surface area contributed by atoms with Crippen molar-refractivity contribution in [3.05, 3.63) is 33.2 Å². The molecule has 15 heavy (non-hydrogen) atoms. The predicted molar refractivity (Wildman–Crippen MR) is 48.5 cm³/mol. The molecule has 7 heteroatoms. The van der Waals surface area contributed by atoms with Gasteiger partial charge >= 0.3 is 5.97 Å². The van der Waals surface area contributed by atoms with Crippen molar-refractivity contribution in [2.75, 3.05) is 0 Å². The van der Waals surface area contributed by atoms with Crippen molar-refractivity contribution < 1.29 is 18.7 Å². The Morgan fingerprint density at radius 2 is 2.20 bits per heavy atom. The molecule has 1 aromatic rings. The fraction of sp³-hybridized carbons (Fsp3) is 0.250. The Labute approximate surface area is 87.5 Å². The number of hydrogen-bond donors (Lipinski definition) is 2. The van der Waals surface area contributed by atoms with E-state index < -0.39 is 29.2 Å². The second-order valence-electron chi connectivity index (χ2n) is 2.69. The van der Waals surface area contributed by atoms with E-state index in [1.807, 2.05) is 4.98 Å². The number of rotatable bonds is 3. The molecule has 0 aromatic carbocycles. The summed E-state index contributed by atoms with van der Waals surface area (Å²) < 4.78 is 24.5. The fourth-order valence-electron chi connectivity index (χ4n) is 1.05. The first-order chi connectivity index (χ1) is 6.97. The highest BCUT2D eigenvalue weighted by Gasteiger charge is 2.18. The zero-order valence-electron chi connectivity index (χ0n) is 7.26. The third-order valence-corrected chi connectivity index (χ3v) is 2.02. The van der Waals surface area contributed by atoms with Crippen molar-refractivity contribution in [1.82, 2.24) is 4.98 Å². The van der Waals surface area contributed by atoms with Crippen LogP contribution in [0.25, 0.3) is 0 Å². The van der Waals surface area contributed by atoms with Crippen LogP contribution in [0.1, 0.15) is 28.0 Å². The number of pyridine rings is 1. The van der Waals surface area contributed by atoms with Gasteiger partial charge in [-0.3, -0.25) is 4.79 Å². The van der Waals surface area contributed by atoms with Gasteiger partial charge in [-0.1, -0.05) is 0 Å². The molecule has 0 aliphatic rings. The van der Waals surface area contributed by atoms with Gasteiger partial charge in [0.05, 0.1) is 17.1 Å². The summed E-state index contributed by atoms with van der Waals surface area (Å²) in [6.45, 7) is 0. The van der Waals surface area contributed by atoms with Gasteiger partial charge in [0.1, 0.15) is 0 Å². The predicted octanol–water partition coefficient (Wildman–Crippen LogP) is 1.75. The van der Waals surface area contributed by atoms with Crippen molar-refractivity contribution in [1.29, 1.82) is 0 Å². The number of alkyl halides is 3. The standard InChI is InChI=1S/C8H6ClF2NO3/c9-2-4-3(8(14)15)1-5(6(10)11)12-7(4)13/h1,6H,2H2,(H,12,13)(H,14,15). The van der Waals surface area contributed by atoms with Crippen molar-refractivity contribution in [2.24, 2.45) is 0 Å². The zero-order chi connectivity index (χ0) is 11.6. The second kappa shape index (κ2) is 4.39. The number of carboxylic acids is 1. The number of aromatic nitrogens is 1. The number of aromatic carboxylic acids is 1. The SMILES string of the molecule is O=C(O)c1cc(C(F)F)[nH]c(=O)c1CCl. The largest absolute Gasteiger partial charge is 0.478 e. The molecular formula is C8H6ClF2NO3. The summed E-state index contributed by atoms with van der Waals surface area (Å²) in [6, 6.07) is 0.714. The normalized spacial score (nSPS) is 10.7. The van der Waals surface area contributed by atoms with E-state index in [1.165, 1.54) is 0 Å². The van der Waals surface area contributed by atoms with E-state index in [0.717, 1.165) is 0 Å². The molecule has 0 radical (unpaired) electrons. The van der Waals surface area contributed by atoms with E-state index in [2.05, 4.69) is 0 Å². The summed E-state index contributed by atoms with van der Waals surface area (Å²) in [5.41, 5.74) is -2.36. The van der Waals surface area contributed by atoms with Crippen molar-refractivity contribution in [3.63, 3.8) is 0 Å². The van der Waals surface area contributed by atoms with Crippen LogP contribution < -0.4 is 5.56 Å². The molecule has 0 saturated carbocycles. The third kappa shape index (κ3) is 2.33. The van der Waals surface area contributed by atoms with Gasteiger partial charge in [0, 0.05) is 5.56 Å². The Morgan fingerprint density at radius 1 is 1.60 bits per heavy atom. The number of halogens is 3. The van der Waals surface area contributed by atoms with E-state index in [4.69, 9.17) is 16.7 Å². The Morgan fingerprint density at radius 3 is 2.60 bits per heavy atom. The van der Waals surface area contributed by atoms with Gasteiger partial charge in [0.15, 0.2) is 0 Å². The third-order valence-electron chi connectivity index (χ3n) is 1.76. The van der Waals surface area contributed by atoms with Crippen LogP contribution >= 0.6 is 11.6 Å². The fourth-order valence-corrected chi connectivity index (χ4v) is 1.31. The monoisotopic (exact) mass is 237 g/mol. The van der Waals surface area contributed by atoms with Crippen LogP contribution in [-0.4, -0.2) is 16.1 Å². The number of carbonyl (C=O) groups is 1. The Bertz CT molecular complexity index is 444. The van der Waals surface area contributed by atoms with E-state index in [0.29, 0.717) is 6.07 Å². The van der Waals surface area contributed by atoms with Gasteiger partial charge in [0.25, 0.3) is 12.0 Å². The van der Waals surface area contributed by atoms with Gasteiger partial charge in [-0.05, 0) is 6.07 Å². The highest BCUT2D eigenvalue weighted by molar-refractivity contribution is 6.17. The van der Waals surface area contributed by atoms with Crippen LogP contribution in [0.3, 0.4) is 0 Å². The van der Waals surface area contributed by atoms with Gasteiger partial charge < -0.3 is 10.1 Å². The first-order valence-corrected chi connectivity index (χ1v) is 4.34.